The SMILES string of the molecule is CC(C)(C)COCC1CN(CCN2CCN(CC(C)(C)C)CC2)C1. The van der Waals surface area contributed by atoms with Gasteiger partial charge in [0.15, 0.2) is 0 Å². The first-order chi connectivity index (χ1) is 11.1. The molecule has 0 aromatic rings. The number of hydrogen-bond donors (Lipinski definition) is 0. The Kier molecular flexibility index (Phi) is 7.12. The van der Waals surface area contributed by atoms with E-state index in [2.05, 4.69) is 56.2 Å². The third kappa shape index (κ3) is 7.81. The van der Waals surface area contributed by atoms with Crippen molar-refractivity contribution in [3.8, 4) is 0 Å². The summed E-state index contributed by atoms with van der Waals surface area (Å²) >= 11 is 0. The Bertz CT molecular complexity index is 358. The number of piperazine rings is 1. The smallest absolute Gasteiger partial charge is 0.0519 e. The number of nitrogens with zero attached hydrogens (tertiary/aromatic N) is 3. The molecule has 142 valence electrons. The highest BCUT2D eigenvalue weighted by atomic mass is 16.5. The summed E-state index contributed by atoms with van der Waals surface area (Å²) in [6.45, 7) is 26.6. The summed E-state index contributed by atoms with van der Waals surface area (Å²) in [5, 5.41) is 0. The molecule has 2 heterocycles. The molecule has 0 radical (unpaired) electrons. The topological polar surface area (TPSA) is 19.0 Å². The van der Waals surface area contributed by atoms with Crippen LogP contribution in [0.4, 0.5) is 0 Å². The quantitative estimate of drug-likeness (QED) is 0.710. The van der Waals surface area contributed by atoms with E-state index in [1.165, 1.54) is 58.9 Å². The Balaban J connectivity index is 1.49. The van der Waals surface area contributed by atoms with Gasteiger partial charge in [0.05, 0.1) is 13.2 Å². The van der Waals surface area contributed by atoms with Crippen molar-refractivity contribution >= 4 is 0 Å². The van der Waals surface area contributed by atoms with Gasteiger partial charge in [-0.1, -0.05) is 41.5 Å². The zero-order valence-electron chi connectivity index (χ0n) is 17.1. The minimum absolute atomic E-state index is 0.290. The van der Waals surface area contributed by atoms with E-state index in [1.54, 1.807) is 0 Å². The average Bonchev–Trinajstić information content (AvgIpc) is 2.39. The van der Waals surface area contributed by atoms with Crippen LogP contribution in [0.3, 0.4) is 0 Å². The van der Waals surface area contributed by atoms with E-state index in [4.69, 9.17) is 4.74 Å². The van der Waals surface area contributed by atoms with Crippen LogP contribution in [0.1, 0.15) is 41.5 Å². The molecule has 0 spiro atoms. The van der Waals surface area contributed by atoms with Crippen LogP contribution in [0, 0.1) is 16.7 Å². The number of rotatable bonds is 7. The highest BCUT2D eigenvalue weighted by Gasteiger charge is 2.28. The second-order valence-corrected chi connectivity index (χ2v) is 10.4. The van der Waals surface area contributed by atoms with E-state index in [1.807, 2.05) is 0 Å². The first-order valence-corrected chi connectivity index (χ1v) is 9.86. The largest absolute Gasteiger partial charge is 0.381 e. The van der Waals surface area contributed by atoms with Crippen molar-refractivity contribution in [3.05, 3.63) is 0 Å². The fraction of sp³-hybridized carbons (Fsp3) is 1.00. The molecule has 0 aromatic heterocycles. The first-order valence-electron chi connectivity index (χ1n) is 9.86. The van der Waals surface area contributed by atoms with E-state index in [-0.39, 0.29) is 0 Å². The molecule has 2 aliphatic heterocycles. The van der Waals surface area contributed by atoms with Gasteiger partial charge in [-0.2, -0.15) is 0 Å². The third-order valence-electron chi connectivity index (χ3n) is 4.82. The Labute approximate surface area is 150 Å². The van der Waals surface area contributed by atoms with Gasteiger partial charge in [0, 0.05) is 64.8 Å². The molecule has 0 amide bonds. The normalized spacial score (nSPS) is 22.8. The highest BCUT2D eigenvalue weighted by Crippen LogP contribution is 2.19. The molecular formula is C20H41N3O. The van der Waals surface area contributed by atoms with Crippen LogP contribution in [0.25, 0.3) is 0 Å². The summed E-state index contributed by atoms with van der Waals surface area (Å²) in [4.78, 5) is 7.86. The minimum atomic E-state index is 0.290. The predicted molar refractivity (Wildman–Crippen MR) is 103 cm³/mol. The summed E-state index contributed by atoms with van der Waals surface area (Å²) in [7, 11) is 0. The molecule has 24 heavy (non-hydrogen) atoms. The van der Waals surface area contributed by atoms with Gasteiger partial charge in [-0.05, 0) is 10.8 Å². The van der Waals surface area contributed by atoms with Gasteiger partial charge < -0.3 is 14.5 Å². The van der Waals surface area contributed by atoms with Crippen LogP contribution in [-0.2, 0) is 4.74 Å². The fourth-order valence-corrected chi connectivity index (χ4v) is 3.62. The monoisotopic (exact) mass is 339 g/mol. The lowest BCUT2D eigenvalue weighted by Gasteiger charge is -2.42. The number of hydrogen-bond acceptors (Lipinski definition) is 4. The molecule has 2 saturated heterocycles. The second-order valence-electron chi connectivity index (χ2n) is 10.4. The molecule has 0 atom stereocenters. The number of ether oxygens (including phenoxy) is 1. The lowest BCUT2D eigenvalue weighted by atomic mass is 9.96. The highest BCUT2D eigenvalue weighted by molar-refractivity contribution is 4.82. The van der Waals surface area contributed by atoms with Gasteiger partial charge in [0.2, 0.25) is 0 Å². The third-order valence-corrected chi connectivity index (χ3v) is 4.82. The molecule has 4 heteroatoms. The Hall–Kier alpha value is -0.160. The van der Waals surface area contributed by atoms with Crippen molar-refractivity contribution < 1.29 is 4.74 Å². The standard InChI is InChI=1S/C20H41N3O/c1-19(2,3)16-22-10-7-21(8-11-22)9-12-23-13-18(14-23)15-24-17-20(4,5)6/h18H,7-17H2,1-6H3. The van der Waals surface area contributed by atoms with Crippen molar-refractivity contribution in [2.45, 2.75) is 41.5 Å². The molecule has 2 aliphatic rings. The lowest BCUT2D eigenvalue weighted by molar-refractivity contribution is -0.0122. The minimum Gasteiger partial charge on any atom is -0.381 e. The van der Waals surface area contributed by atoms with Crippen molar-refractivity contribution in [1.29, 1.82) is 0 Å². The van der Waals surface area contributed by atoms with Gasteiger partial charge in [-0.15, -0.1) is 0 Å². The molecule has 0 saturated carbocycles. The van der Waals surface area contributed by atoms with Crippen molar-refractivity contribution in [1.82, 2.24) is 14.7 Å². The molecule has 0 aliphatic carbocycles. The second kappa shape index (κ2) is 8.48. The molecular weight excluding hydrogens is 298 g/mol. The molecule has 2 fully saturated rings. The zero-order valence-corrected chi connectivity index (χ0v) is 17.1. The van der Waals surface area contributed by atoms with E-state index in [0.717, 1.165) is 19.1 Å². The maximum Gasteiger partial charge on any atom is 0.0519 e. The first kappa shape index (κ1) is 20.2. The summed E-state index contributed by atoms with van der Waals surface area (Å²) in [5.74, 6) is 0.760. The summed E-state index contributed by atoms with van der Waals surface area (Å²) in [6.07, 6.45) is 0. The lowest BCUT2D eigenvalue weighted by Crippen LogP contribution is -2.54. The van der Waals surface area contributed by atoms with Crippen molar-refractivity contribution in [2.24, 2.45) is 16.7 Å². The Morgan fingerprint density at radius 3 is 1.83 bits per heavy atom. The molecule has 0 unspecified atom stereocenters. The van der Waals surface area contributed by atoms with Crippen LogP contribution < -0.4 is 0 Å². The summed E-state index contributed by atoms with van der Waals surface area (Å²) in [5.41, 5.74) is 0.711. The summed E-state index contributed by atoms with van der Waals surface area (Å²) in [6, 6.07) is 0. The maximum atomic E-state index is 5.85. The van der Waals surface area contributed by atoms with Crippen molar-refractivity contribution in [3.63, 3.8) is 0 Å². The maximum absolute atomic E-state index is 5.85. The molecule has 0 N–H and O–H groups in total. The van der Waals surface area contributed by atoms with Crippen LogP contribution in [-0.4, -0.2) is 86.8 Å². The van der Waals surface area contributed by atoms with Crippen molar-refractivity contribution in [2.75, 3.05) is 72.1 Å². The zero-order chi connectivity index (χ0) is 17.8. The van der Waals surface area contributed by atoms with Gasteiger partial charge in [-0.3, -0.25) is 4.90 Å². The van der Waals surface area contributed by atoms with Crippen LogP contribution in [0.15, 0.2) is 0 Å². The Morgan fingerprint density at radius 2 is 1.29 bits per heavy atom. The van der Waals surface area contributed by atoms with Gasteiger partial charge >= 0.3 is 0 Å². The fourth-order valence-electron chi connectivity index (χ4n) is 3.62. The summed E-state index contributed by atoms with van der Waals surface area (Å²) < 4.78 is 5.85. The van der Waals surface area contributed by atoms with Gasteiger partial charge in [0.25, 0.3) is 0 Å². The van der Waals surface area contributed by atoms with Gasteiger partial charge in [0.1, 0.15) is 0 Å². The van der Waals surface area contributed by atoms with E-state index in [0.29, 0.717) is 10.8 Å². The predicted octanol–water partition coefficient (Wildman–Crippen LogP) is 2.64. The molecule has 2 rings (SSSR count). The molecule has 0 aromatic carbocycles. The van der Waals surface area contributed by atoms with Gasteiger partial charge in [-0.25, -0.2) is 0 Å². The average molecular weight is 340 g/mol. The molecule has 0 bridgehead atoms. The van der Waals surface area contributed by atoms with E-state index < -0.39 is 0 Å². The van der Waals surface area contributed by atoms with E-state index in [9.17, 15) is 0 Å². The van der Waals surface area contributed by atoms with E-state index >= 15 is 0 Å². The Morgan fingerprint density at radius 1 is 0.750 bits per heavy atom. The molecule has 4 nitrogen and oxygen atoms in total. The van der Waals surface area contributed by atoms with Crippen LogP contribution in [0.5, 0.6) is 0 Å². The van der Waals surface area contributed by atoms with Crippen LogP contribution >= 0.6 is 0 Å². The van der Waals surface area contributed by atoms with Crippen LogP contribution in [0.2, 0.25) is 0 Å². The number of likely N-dealkylation sites (tertiary alicyclic amines) is 1.